The molecule has 2 N–H and O–H groups in total. The first-order chi connectivity index (χ1) is 4.83. The van der Waals surface area contributed by atoms with E-state index in [9.17, 15) is 4.79 Å². The molecular weight excluding hydrogens is 128 g/mol. The normalized spacial score (nSPS) is 8.40. The first-order valence-electron chi connectivity index (χ1n) is 2.68. The number of isocyanates is 1. The molecule has 1 radical (unpaired) electrons. The molecule has 0 aliphatic heterocycles. The third kappa shape index (κ3) is 1.44. The Morgan fingerprint density at radius 1 is 1.60 bits per heavy atom. The summed E-state index contributed by atoms with van der Waals surface area (Å²) in [4.78, 5) is 13.1. The molecule has 3 nitrogen and oxygen atoms in total. The lowest BCUT2D eigenvalue weighted by Gasteiger charge is -1.89. The lowest BCUT2D eigenvalue weighted by atomic mass is 10.3. The van der Waals surface area contributed by atoms with E-state index in [2.05, 4.69) is 11.1 Å². The van der Waals surface area contributed by atoms with Gasteiger partial charge in [0.15, 0.2) is 0 Å². The zero-order chi connectivity index (χ0) is 7.40. The molecule has 10 heavy (non-hydrogen) atoms. The van der Waals surface area contributed by atoms with E-state index in [0.717, 1.165) is 0 Å². The lowest BCUT2D eigenvalue weighted by molar-refractivity contribution is 0.565. The summed E-state index contributed by atoms with van der Waals surface area (Å²) in [6.07, 6.45) is 1.40. The Morgan fingerprint density at radius 2 is 2.40 bits per heavy atom. The molecule has 0 saturated heterocycles. The average molecular weight is 133 g/mol. The predicted octanol–water partition coefficient (Wildman–Crippen LogP) is 1.04. The molecule has 1 aromatic rings. The van der Waals surface area contributed by atoms with Crippen LogP contribution in [0, 0.1) is 6.07 Å². The number of carbonyl (C=O) groups excluding carboxylic acids is 1. The smallest absolute Gasteiger partial charge is 0.240 e. The number of nitrogens with two attached hydrogens (primary N) is 1. The lowest BCUT2D eigenvalue weighted by Crippen LogP contribution is -1.81. The van der Waals surface area contributed by atoms with Crippen molar-refractivity contribution in [2.75, 3.05) is 5.73 Å². The van der Waals surface area contributed by atoms with Gasteiger partial charge in [0, 0.05) is 11.8 Å². The molecule has 1 rings (SSSR count). The Kier molecular flexibility index (Phi) is 1.83. The Balaban J connectivity index is 3.06. The summed E-state index contributed by atoms with van der Waals surface area (Å²) in [6.45, 7) is 0. The minimum Gasteiger partial charge on any atom is -0.398 e. The molecule has 0 bridgehead atoms. The van der Waals surface area contributed by atoms with E-state index in [4.69, 9.17) is 5.73 Å². The van der Waals surface area contributed by atoms with Crippen LogP contribution in [0.5, 0.6) is 0 Å². The van der Waals surface area contributed by atoms with Crippen molar-refractivity contribution in [3.05, 3.63) is 24.3 Å². The van der Waals surface area contributed by atoms with E-state index < -0.39 is 0 Å². The van der Waals surface area contributed by atoms with Crippen LogP contribution in [-0.4, -0.2) is 6.08 Å². The average Bonchev–Trinajstić information content (AvgIpc) is 1.88. The highest BCUT2D eigenvalue weighted by Crippen LogP contribution is 2.12. The molecule has 0 fully saturated rings. The van der Waals surface area contributed by atoms with Gasteiger partial charge in [0.05, 0.1) is 5.69 Å². The van der Waals surface area contributed by atoms with Crippen LogP contribution < -0.4 is 5.73 Å². The number of benzene rings is 1. The molecule has 0 unspecified atom stereocenters. The molecule has 0 saturated carbocycles. The zero-order valence-corrected chi connectivity index (χ0v) is 5.16. The van der Waals surface area contributed by atoms with Gasteiger partial charge < -0.3 is 5.73 Å². The van der Waals surface area contributed by atoms with Crippen LogP contribution in [0.15, 0.2) is 23.2 Å². The molecule has 3 heteroatoms. The third-order valence-corrected chi connectivity index (χ3v) is 0.968. The van der Waals surface area contributed by atoms with Gasteiger partial charge in [-0.05, 0) is 12.1 Å². The van der Waals surface area contributed by atoms with Crippen LogP contribution in [0.25, 0.3) is 0 Å². The number of nitrogen functional groups attached to an aromatic ring is 1. The van der Waals surface area contributed by atoms with Crippen molar-refractivity contribution in [1.82, 2.24) is 0 Å². The van der Waals surface area contributed by atoms with Crippen LogP contribution in [0.1, 0.15) is 0 Å². The zero-order valence-electron chi connectivity index (χ0n) is 5.16. The van der Waals surface area contributed by atoms with Gasteiger partial charge in [-0.25, -0.2) is 4.79 Å². The summed E-state index contributed by atoms with van der Waals surface area (Å²) < 4.78 is 0. The van der Waals surface area contributed by atoms with Gasteiger partial charge in [0.2, 0.25) is 6.08 Å². The molecule has 0 atom stereocenters. The van der Waals surface area contributed by atoms with Crippen LogP contribution in [0.4, 0.5) is 11.4 Å². The third-order valence-electron chi connectivity index (χ3n) is 0.968. The van der Waals surface area contributed by atoms with Gasteiger partial charge in [-0.15, -0.1) is 0 Å². The van der Waals surface area contributed by atoms with Gasteiger partial charge in [-0.3, -0.25) is 0 Å². The monoisotopic (exact) mass is 133 g/mol. The minimum absolute atomic E-state index is 0.412. The Morgan fingerprint density at radius 3 is 3.00 bits per heavy atom. The van der Waals surface area contributed by atoms with Crippen molar-refractivity contribution < 1.29 is 4.79 Å². The summed E-state index contributed by atoms with van der Waals surface area (Å²) in [6, 6.07) is 7.65. The molecule has 0 aliphatic carbocycles. The molecule has 1 aromatic carbocycles. The highest BCUT2D eigenvalue weighted by molar-refractivity contribution is 5.54. The van der Waals surface area contributed by atoms with E-state index in [0.29, 0.717) is 11.4 Å². The number of anilines is 1. The number of aliphatic imine (C=N–C) groups is 1. The van der Waals surface area contributed by atoms with Gasteiger partial charge in [-0.1, -0.05) is 6.07 Å². The first-order valence-corrected chi connectivity index (χ1v) is 2.68. The number of hydrogen-bond donors (Lipinski definition) is 1. The van der Waals surface area contributed by atoms with Gasteiger partial charge in [0.1, 0.15) is 0 Å². The second kappa shape index (κ2) is 2.80. The van der Waals surface area contributed by atoms with E-state index in [1.165, 1.54) is 6.08 Å². The molecular formula is C7H5N2O. The highest BCUT2D eigenvalue weighted by Gasteiger charge is 1.87. The first kappa shape index (κ1) is 6.52. The summed E-state index contributed by atoms with van der Waals surface area (Å²) in [7, 11) is 0. The van der Waals surface area contributed by atoms with Gasteiger partial charge >= 0.3 is 0 Å². The van der Waals surface area contributed by atoms with Crippen molar-refractivity contribution in [2.24, 2.45) is 4.99 Å². The van der Waals surface area contributed by atoms with Crippen molar-refractivity contribution >= 4 is 17.5 Å². The summed E-state index contributed by atoms with van der Waals surface area (Å²) in [5.41, 5.74) is 6.22. The number of nitrogens with zero attached hydrogens (tertiary/aromatic N) is 1. The maximum Gasteiger partial charge on any atom is 0.240 e. The summed E-state index contributed by atoms with van der Waals surface area (Å²) in [5.74, 6) is 0. The fourth-order valence-corrected chi connectivity index (χ4v) is 0.589. The number of hydrogen-bond acceptors (Lipinski definition) is 3. The molecule has 0 heterocycles. The summed E-state index contributed by atoms with van der Waals surface area (Å²) >= 11 is 0. The Labute approximate surface area is 58.2 Å². The molecule has 0 amide bonds. The highest BCUT2D eigenvalue weighted by atomic mass is 16.1. The minimum atomic E-state index is 0.412. The second-order valence-electron chi connectivity index (χ2n) is 1.69. The molecule has 0 aromatic heterocycles. The van der Waals surface area contributed by atoms with Crippen molar-refractivity contribution in [2.45, 2.75) is 0 Å². The van der Waals surface area contributed by atoms with E-state index in [1.807, 2.05) is 0 Å². The number of rotatable bonds is 1. The van der Waals surface area contributed by atoms with E-state index in [-0.39, 0.29) is 0 Å². The quantitative estimate of drug-likeness (QED) is 0.353. The van der Waals surface area contributed by atoms with E-state index in [1.54, 1.807) is 18.2 Å². The fraction of sp³-hybridized carbons (Fsp3) is 0. The second-order valence-corrected chi connectivity index (χ2v) is 1.69. The van der Waals surface area contributed by atoms with E-state index >= 15 is 0 Å². The van der Waals surface area contributed by atoms with Gasteiger partial charge in [-0.2, -0.15) is 4.99 Å². The summed E-state index contributed by atoms with van der Waals surface area (Å²) in [5, 5.41) is 0. The van der Waals surface area contributed by atoms with Crippen molar-refractivity contribution in [3.8, 4) is 0 Å². The predicted molar refractivity (Wildman–Crippen MR) is 37.5 cm³/mol. The Hall–Kier alpha value is -1.60. The molecule has 0 spiro atoms. The van der Waals surface area contributed by atoms with Gasteiger partial charge in [0.25, 0.3) is 0 Å². The largest absolute Gasteiger partial charge is 0.398 e. The molecule has 49 valence electrons. The molecule has 0 aliphatic rings. The van der Waals surface area contributed by atoms with Crippen LogP contribution in [0.3, 0.4) is 0 Å². The maximum absolute atomic E-state index is 9.73. The van der Waals surface area contributed by atoms with Crippen molar-refractivity contribution in [3.63, 3.8) is 0 Å². The van der Waals surface area contributed by atoms with Crippen LogP contribution in [-0.2, 0) is 4.79 Å². The fourth-order valence-electron chi connectivity index (χ4n) is 0.589. The van der Waals surface area contributed by atoms with Crippen molar-refractivity contribution in [1.29, 1.82) is 0 Å². The Bertz CT molecular complexity index is 277. The topological polar surface area (TPSA) is 55.4 Å². The van der Waals surface area contributed by atoms with Crippen LogP contribution in [0.2, 0.25) is 0 Å². The SMILES string of the molecule is Nc1[c]c(N=C=O)ccc1. The standard InChI is InChI=1S/C7H5N2O/c8-6-2-1-3-7(4-6)9-5-10/h1-3H,8H2. The maximum atomic E-state index is 9.73. The van der Waals surface area contributed by atoms with Crippen LogP contribution >= 0.6 is 0 Å².